The first-order valence-electron chi connectivity index (χ1n) is 32.0. The van der Waals surface area contributed by atoms with Crippen molar-refractivity contribution in [1.29, 1.82) is 0 Å². The first-order chi connectivity index (χ1) is 35.5. The molecule has 422 valence electrons. The molecule has 0 saturated carbocycles. The summed E-state index contributed by atoms with van der Waals surface area (Å²) < 4.78 is 16.9. The van der Waals surface area contributed by atoms with Crippen LogP contribution in [0.2, 0.25) is 0 Å². The molecule has 0 spiro atoms. The van der Waals surface area contributed by atoms with Crippen molar-refractivity contribution < 1.29 is 28.6 Å². The molecule has 0 radical (unpaired) electrons. The third-order valence-corrected chi connectivity index (χ3v) is 14.4. The van der Waals surface area contributed by atoms with Gasteiger partial charge in [-0.25, -0.2) is 0 Å². The molecule has 0 aromatic rings. The highest BCUT2D eigenvalue weighted by Gasteiger charge is 2.19. The highest BCUT2D eigenvalue weighted by molar-refractivity contribution is 5.71. The Kier molecular flexibility index (Phi) is 59.2. The number of hydrogen-bond donors (Lipinski definition) is 0. The van der Waals surface area contributed by atoms with E-state index in [1.807, 2.05) is 0 Å². The van der Waals surface area contributed by atoms with E-state index < -0.39 is 6.10 Å². The van der Waals surface area contributed by atoms with Crippen molar-refractivity contribution in [2.75, 3.05) is 13.2 Å². The van der Waals surface area contributed by atoms with Gasteiger partial charge in [0, 0.05) is 19.3 Å². The van der Waals surface area contributed by atoms with Crippen LogP contribution in [-0.2, 0) is 28.6 Å². The van der Waals surface area contributed by atoms with E-state index in [9.17, 15) is 14.4 Å². The standard InChI is InChI=1S/C66H122O6/c1-4-7-10-13-16-19-22-25-28-30-31-32-33-34-36-38-41-44-47-50-53-56-59-65(68)71-62-63(61-70-64(67)58-55-52-49-46-43-40-37-27-24-21-18-15-12-9-6-3)72-66(69)60-57-54-51-48-45-42-39-35-29-26-23-20-17-14-11-8-5-2/h18,21,26-27,29,37,63H,4-17,19-20,22-25,28,30-36,38-62H2,1-3H3/b21-18-,29-26-,37-27-. The van der Waals surface area contributed by atoms with Crippen molar-refractivity contribution >= 4 is 17.9 Å². The second-order valence-electron chi connectivity index (χ2n) is 21.7. The molecular weight excluding hydrogens is 889 g/mol. The Labute approximate surface area is 448 Å². The van der Waals surface area contributed by atoms with Gasteiger partial charge in [0.1, 0.15) is 13.2 Å². The zero-order chi connectivity index (χ0) is 52.2. The van der Waals surface area contributed by atoms with E-state index in [0.29, 0.717) is 19.3 Å². The van der Waals surface area contributed by atoms with Gasteiger partial charge in [-0.2, -0.15) is 0 Å². The minimum atomic E-state index is -0.778. The molecule has 6 heteroatoms. The highest BCUT2D eigenvalue weighted by Crippen LogP contribution is 2.17. The molecule has 0 bridgehead atoms. The van der Waals surface area contributed by atoms with E-state index in [4.69, 9.17) is 14.2 Å². The third kappa shape index (κ3) is 58.5. The van der Waals surface area contributed by atoms with Crippen molar-refractivity contribution in [1.82, 2.24) is 0 Å². The van der Waals surface area contributed by atoms with Crippen LogP contribution in [0.1, 0.15) is 348 Å². The summed E-state index contributed by atoms with van der Waals surface area (Å²) in [6, 6.07) is 0. The van der Waals surface area contributed by atoms with Crippen LogP contribution in [0.3, 0.4) is 0 Å². The molecular formula is C66H122O6. The van der Waals surface area contributed by atoms with Gasteiger partial charge in [0.15, 0.2) is 6.10 Å². The van der Waals surface area contributed by atoms with Crippen LogP contribution >= 0.6 is 0 Å². The fourth-order valence-electron chi connectivity index (χ4n) is 9.53. The Hall–Kier alpha value is -2.37. The molecule has 1 atom stereocenters. The van der Waals surface area contributed by atoms with E-state index in [-0.39, 0.29) is 31.1 Å². The van der Waals surface area contributed by atoms with E-state index in [1.165, 1.54) is 231 Å². The average Bonchev–Trinajstić information content (AvgIpc) is 3.38. The third-order valence-electron chi connectivity index (χ3n) is 14.4. The summed E-state index contributed by atoms with van der Waals surface area (Å²) in [6.07, 6.45) is 74.3. The molecule has 0 rings (SSSR count). The lowest BCUT2D eigenvalue weighted by molar-refractivity contribution is -0.167. The summed E-state index contributed by atoms with van der Waals surface area (Å²) in [7, 11) is 0. The lowest BCUT2D eigenvalue weighted by atomic mass is 10.0. The Morgan fingerprint density at radius 2 is 0.500 bits per heavy atom. The van der Waals surface area contributed by atoms with Crippen LogP contribution in [0.15, 0.2) is 36.5 Å². The van der Waals surface area contributed by atoms with Crippen LogP contribution in [0, 0.1) is 0 Å². The topological polar surface area (TPSA) is 78.9 Å². The SMILES string of the molecule is CCCCC/C=C\C/C=C\CCCCCCCC(=O)OCC(COC(=O)CCCCCCCCCCCCCCCCCCCCCCCC)OC(=O)CCCCCCCCC/C=C\CCCCCCCC. The molecule has 6 nitrogen and oxygen atoms in total. The van der Waals surface area contributed by atoms with Crippen LogP contribution < -0.4 is 0 Å². The van der Waals surface area contributed by atoms with Crippen molar-refractivity contribution in [2.45, 2.75) is 354 Å². The molecule has 0 amide bonds. The minimum absolute atomic E-state index is 0.0743. The predicted octanol–water partition coefficient (Wildman–Crippen LogP) is 21.6. The summed E-state index contributed by atoms with van der Waals surface area (Å²) in [5.41, 5.74) is 0. The molecule has 0 aliphatic carbocycles. The molecule has 0 N–H and O–H groups in total. The second-order valence-corrected chi connectivity index (χ2v) is 21.7. The van der Waals surface area contributed by atoms with Gasteiger partial charge in [-0.3, -0.25) is 14.4 Å². The summed E-state index contributed by atoms with van der Waals surface area (Å²) in [5.74, 6) is -0.870. The van der Waals surface area contributed by atoms with Crippen molar-refractivity contribution in [3.8, 4) is 0 Å². The largest absolute Gasteiger partial charge is 0.462 e. The van der Waals surface area contributed by atoms with Gasteiger partial charge < -0.3 is 14.2 Å². The number of esters is 3. The fourth-order valence-corrected chi connectivity index (χ4v) is 9.53. The number of carbonyl (C=O) groups is 3. The number of allylic oxidation sites excluding steroid dienone is 6. The molecule has 72 heavy (non-hydrogen) atoms. The second kappa shape index (κ2) is 61.2. The molecule has 0 aromatic heterocycles. The van der Waals surface area contributed by atoms with Crippen molar-refractivity contribution in [2.24, 2.45) is 0 Å². The van der Waals surface area contributed by atoms with E-state index in [2.05, 4.69) is 57.2 Å². The summed E-state index contributed by atoms with van der Waals surface area (Å²) in [4.78, 5) is 38.3. The van der Waals surface area contributed by atoms with Crippen molar-refractivity contribution in [3.05, 3.63) is 36.5 Å². The maximum absolute atomic E-state index is 12.9. The average molecular weight is 1010 g/mol. The molecule has 0 aliphatic heterocycles. The first-order valence-corrected chi connectivity index (χ1v) is 32.0. The normalized spacial score (nSPS) is 12.2. The lowest BCUT2D eigenvalue weighted by Crippen LogP contribution is -2.30. The van der Waals surface area contributed by atoms with Crippen LogP contribution in [0.5, 0.6) is 0 Å². The number of hydrogen-bond acceptors (Lipinski definition) is 6. The number of rotatable bonds is 59. The Morgan fingerprint density at radius 3 is 0.806 bits per heavy atom. The van der Waals surface area contributed by atoms with Crippen LogP contribution in [0.25, 0.3) is 0 Å². The Balaban J connectivity index is 4.31. The van der Waals surface area contributed by atoms with E-state index >= 15 is 0 Å². The first kappa shape index (κ1) is 69.6. The maximum Gasteiger partial charge on any atom is 0.306 e. The highest BCUT2D eigenvalue weighted by atomic mass is 16.6. The smallest absolute Gasteiger partial charge is 0.306 e. The maximum atomic E-state index is 12.9. The summed E-state index contributed by atoms with van der Waals surface area (Å²) in [6.45, 7) is 6.65. The van der Waals surface area contributed by atoms with Gasteiger partial charge in [-0.1, -0.05) is 288 Å². The van der Waals surface area contributed by atoms with Gasteiger partial charge in [0.25, 0.3) is 0 Å². The predicted molar refractivity (Wildman–Crippen MR) is 312 cm³/mol. The number of unbranched alkanes of at least 4 members (excludes halogenated alkanes) is 42. The van der Waals surface area contributed by atoms with E-state index in [0.717, 1.165) is 77.0 Å². The Morgan fingerprint density at radius 1 is 0.278 bits per heavy atom. The number of ether oxygens (including phenoxy) is 3. The molecule has 0 aromatic carbocycles. The zero-order valence-electron chi connectivity index (χ0n) is 48.5. The molecule has 0 fully saturated rings. The van der Waals surface area contributed by atoms with Crippen LogP contribution in [0.4, 0.5) is 0 Å². The van der Waals surface area contributed by atoms with Gasteiger partial charge in [0.2, 0.25) is 0 Å². The summed E-state index contributed by atoms with van der Waals surface area (Å²) >= 11 is 0. The monoisotopic (exact) mass is 1010 g/mol. The Bertz CT molecular complexity index is 1210. The van der Waals surface area contributed by atoms with Gasteiger partial charge in [-0.05, 0) is 77.0 Å². The molecule has 0 aliphatic rings. The fraction of sp³-hybridized carbons (Fsp3) is 0.864. The molecule has 0 heterocycles. The summed E-state index contributed by atoms with van der Waals surface area (Å²) in [5, 5.41) is 0. The number of carbonyl (C=O) groups excluding carboxylic acids is 3. The van der Waals surface area contributed by atoms with Crippen molar-refractivity contribution in [3.63, 3.8) is 0 Å². The zero-order valence-corrected chi connectivity index (χ0v) is 48.5. The quantitative estimate of drug-likeness (QED) is 0.0261. The molecule has 1 unspecified atom stereocenters. The molecule has 0 saturated heterocycles. The lowest BCUT2D eigenvalue weighted by Gasteiger charge is -2.18. The minimum Gasteiger partial charge on any atom is -0.462 e. The van der Waals surface area contributed by atoms with Gasteiger partial charge in [-0.15, -0.1) is 0 Å². The van der Waals surface area contributed by atoms with E-state index in [1.54, 1.807) is 0 Å². The van der Waals surface area contributed by atoms with Gasteiger partial charge >= 0.3 is 17.9 Å². The van der Waals surface area contributed by atoms with Gasteiger partial charge in [0.05, 0.1) is 0 Å². The van der Waals surface area contributed by atoms with Crippen LogP contribution in [-0.4, -0.2) is 37.2 Å².